The van der Waals surface area contributed by atoms with Crippen LogP contribution >= 0.6 is 15.9 Å². The number of hydrogen-bond acceptors (Lipinski definition) is 4. The molecule has 0 aliphatic carbocycles. The van der Waals surface area contributed by atoms with Gasteiger partial charge in [0, 0.05) is 16.9 Å². The molecular formula is C13H9BrN4O. The number of aromatic nitrogens is 1. The van der Waals surface area contributed by atoms with Crippen molar-refractivity contribution in [2.45, 2.75) is 0 Å². The van der Waals surface area contributed by atoms with E-state index in [1.165, 1.54) is 12.3 Å². The van der Waals surface area contributed by atoms with E-state index in [9.17, 15) is 4.79 Å². The first-order chi connectivity index (χ1) is 9.10. The topological polar surface area (TPSA) is 91.8 Å². The molecule has 1 aromatic heterocycles. The molecule has 2 aromatic rings. The van der Waals surface area contributed by atoms with Crippen LogP contribution in [0, 0.1) is 11.3 Å². The van der Waals surface area contributed by atoms with Crippen molar-refractivity contribution in [2.75, 3.05) is 11.1 Å². The monoisotopic (exact) mass is 316 g/mol. The average Bonchev–Trinajstić information content (AvgIpc) is 2.41. The number of nitriles is 1. The molecule has 6 heteroatoms. The molecule has 1 heterocycles. The van der Waals surface area contributed by atoms with Crippen molar-refractivity contribution < 1.29 is 4.79 Å². The number of pyridine rings is 1. The Labute approximate surface area is 118 Å². The number of nitrogens with zero attached hydrogens (tertiary/aromatic N) is 2. The zero-order chi connectivity index (χ0) is 13.8. The van der Waals surface area contributed by atoms with E-state index in [2.05, 4.69) is 26.2 Å². The highest BCUT2D eigenvalue weighted by Gasteiger charge is 2.09. The lowest BCUT2D eigenvalue weighted by Crippen LogP contribution is -2.13. The second-order valence-corrected chi connectivity index (χ2v) is 4.68. The Kier molecular flexibility index (Phi) is 3.78. The summed E-state index contributed by atoms with van der Waals surface area (Å²) in [5, 5.41) is 11.4. The Morgan fingerprint density at radius 1 is 1.37 bits per heavy atom. The van der Waals surface area contributed by atoms with E-state index in [4.69, 9.17) is 11.0 Å². The van der Waals surface area contributed by atoms with E-state index in [0.717, 1.165) is 0 Å². The number of anilines is 2. The van der Waals surface area contributed by atoms with Crippen LogP contribution in [-0.4, -0.2) is 10.9 Å². The van der Waals surface area contributed by atoms with Gasteiger partial charge in [0.25, 0.3) is 5.91 Å². The van der Waals surface area contributed by atoms with Crippen LogP contribution in [0.25, 0.3) is 0 Å². The van der Waals surface area contributed by atoms with Gasteiger partial charge in [0.2, 0.25) is 0 Å². The minimum absolute atomic E-state index is 0.315. The number of carbonyl (C=O) groups is 1. The highest BCUT2D eigenvalue weighted by molar-refractivity contribution is 9.10. The Morgan fingerprint density at radius 3 is 2.79 bits per heavy atom. The summed E-state index contributed by atoms with van der Waals surface area (Å²) < 4.78 is 0.716. The predicted molar refractivity (Wildman–Crippen MR) is 75.5 cm³/mol. The smallest absolute Gasteiger partial charge is 0.257 e. The van der Waals surface area contributed by atoms with Crippen LogP contribution in [0.3, 0.4) is 0 Å². The van der Waals surface area contributed by atoms with E-state index in [1.54, 1.807) is 24.4 Å². The molecule has 5 nitrogen and oxygen atoms in total. The summed E-state index contributed by atoms with van der Waals surface area (Å²) in [5.41, 5.74) is 7.43. The van der Waals surface area contributed by atoms with E-state index >= 15 is 0 Å². The molecule has 19 heavy (non-hydrogen) atoms. The first-order valence-corrected chi connectivity index (χ1v) is 6.11. The van der Waals surface area contributed by atoms with Gasteiger partial charge in [-0.25, -0.2) is 0 Å². The number of nitrogen functional groups attached to an aromatic ring is 1. The molecular weight excluding hydrogens is 308 g/mol. The van der Waals surface area contributed by atoms with Crippen LogP contribution in [-0.2, 0) is 0 Å². The number of hydrogen-bond donors (Lipinski definition) is 2. The average molecular weight is 317 g/mol. The molecule has 0 spiro atoms. The number of benzene rings is 1. The molecule has 0 fully saturated rings. The van der Waals surface area contributed by atoms with Crippen LogP contribution in [0.15, 0.2) is 41.1 Å². The van der Waals surface area contributed by atoms with E-state index in [1.807, 2.05) is 6.07 Å². The van der Waals surface area contributed by atoms with Crippen molar-refractivity contribution in [2.24, 2.45) is 0 Å². The number of rotatable bonds is 2. The molecule has 0 atom stereocenters. The highest BCUT2D eigenvalue weighted by Crippen LogP contribution is 2.20. The van der Waals surface area contributed by atoms with Crippen molar-refractivity contribution in [3.05, 3.63) is 52.3 Å². The Morgan fingerprint density at radius 2 is 2.16 bits per heavy atom. The highest BCUT2D eigenvalue weighted by atomic mass is 79.9. The minimum atomic E-state index is -0.315. The maximum absolute atomic E-state index is 12.0. The summed E-state index contributed by atoms with van der Waals surface area (Å²) in [4.78, 5) is 15.9. The summed E-state index contributed by atoms with van der Waals surface area (Å²) >= 11 is 3.25. The fourth-order valence-corrected chi connectivity index (χ4v) is 1.84. The third-order valence-corrected chi connectivity index (χ3v) is 2.83. The lowest BCUT2D eigenvalue weighted by molar-refractivity contribution is 0.102. The van der Waals surface area contributed by atoms with Gasteiger partial charge in [0.05, 0.1) is 28.6 Å². The molecule has 3 N–H and O–H groups in total. The molecule has 0 bridgehead atoms. The summed E-state index contributed by atoms with van der Waals surface area (Å²) in [6.07, 6.45) is 3.05. The Balaban J connectivity index is 2.22. The lowest BCUT2D eigenvalue weighted by Gasteiger charge is -2.08. The maximum Gasteiger partial charge on any atom is 0.257 e. The molecule has 0 unspecified atom stereocenters. The Hall–Kier alpha value is -2.39. The normalized spacial score (nSPS) is 9.68. The quantitative estimate of drug-likeness (QED) is 0.833. The second-order valence-electron chi connectivity index (χ2n) is 3.76. The predicted octanol–water partition coefficient (Wildman–Crippen LogP) is 2.55. The minimum Gasteiger partial charge on any atom is -0.397 e. The molecule has 0 saturated carbocycles. The molecule has 94 valence electrons. The third-order valence-electron chi connectivity index (χ3n) is 2.40. The van der Waals surface area contributed by atoms with Crippen molar-refractivity contribution in [3.8, 4) is 6.07 Å². The standard InChI is InChI=1S/C13H9BrN4O/c14-10-4-9(6-17-7-10)13(19)18-12-2-1-8(5-15)3-11(12)16/h1-4,6-7H,16H2,(H,18,19). The number of amides is 1. The van der Waals surface area contributed by atoms with Gasteiger partial charge in [-0.2, -0.15) is 5.26 Å². The maximum atomic E-state index is 12.0. The van der Waals surface area contributed by atoms with Crippen molar-refractivity contribution in [1.29, 1.82) is 5.26 Å². The first-order valence-electron chi connectivity index (χ1n) is 5.31. The number of nitrogens with two attached hydrogens (primary N) is 1. The summed E-state index contributed by atoms with van der Waals surface area (Å²) in [5.74, 6) is -0.315. The van der Waals surface area contributed by atoms with Gasteiger partial charge < -0.3 is 11.1 Å². The SMILES string of the molecule is N#Cc1ccc(NC(=O)c2cncc(Br)c2)c(N)c1. The molecule has 0 radical (unpaired) electrons. The summed E-state index contributed by atoms with van der Waals surface area (Å²) in [6, 6.07) is 8.33. The van der Waals surface area contributed by atoms with Gasteiger partial charge in [0.15, 0.2) is 0 Å². The summed E-state index contributed by atoms with van der Waals surface area (Å²) in [6.45, 7) is 0. The Bertz CT molecular complexity index is 679. The van der Waals surface area contributed by atoms with Gasteiger partial charge in [-0.1, -0.05) is 0 Å². The second kappa shape index (κ2) is 5.50. The fourth-order valence-electron chi connectivity index (χ4n) is 1.48. The van der Waals surface area contributed by atoms with Crippen molar-refractivity contribution in [1.82, 2.24) is 4.98 Å². The molecule has 0 aliphatic heterocycles. The number of nitrogens with one attached hydrogen (secondary N) is 1. The lowest BCUT2D eigenvalue weighted by atomic mass is 10.2. The van der Waals surface area contributed by atoms with E-state index in [0.29, 0.717) is 27.0 Å². The van der Waals surface area contributed by atoms with Gasteiger partial charge >= 0.3 is 0 Å². The van der Waals surface area contributed by atoms with Crippen LogP contribution in [0.5, 0.6) is 0 Å². The molecule has 1 aromatic carbocycles. The van der Waals surface area contributed by atoms with Crippen molar-refractivity contribution >= 4 is 33.2 Å². The third kappa shape index (κ3) is 3.09. The molecule has 0 aliphatic rings. The fraction of sp³-hybridized carbons (Fsp3) is 0. The van der Waals surface area contributed by atoms with Crippen LogP contribution < -0.4 is 11.1 Å². The van der Waals surface area contributed by atoms with Crippen molar-refractivity contribution in [3.63, 3.8) is 0 Å². The zero-order valence-electron chi connectivity index (χ0n) is 9.72. The summed E-state index contributed by atoms with van der Waals surface area (Å²) in [7, 11) is 0. The van der Waals surface area contributed by atoms with Crippen LogP contribution in [0.1, 0.15) is 15.9 Å². The molecule has 2 rings (SSSR count). The molecule has 0 saturated heterocycles. The van der Waals surface area contributed by atoms with Gasteiger partial charge in [-0.15, -0.1) is 0 Å². The molecule has 1 amide bonds. The van der Waals surface area contributed by atoms with Gasteiger partial charge in [0.1, 0.15) is 0 Å². The largest absolute Gasteiger partial charge is 0.397 e. The zero-order valence-corrected chi connectivity index (χ0v) is 11.3. The van der Waals surface area contributed by atoms with Crippen LogP contribution in [0.2, 0.25) is 0 Å². The van der Waals surface area contributed by atoms with Crippen LogP contribution in [0.4, 0.5) is 11.4 Å². The first kappa shape index (κ1) is 13.1. The van der Waals surface area contributed by atoms with E-state index in [-0.39, 0.29) is 5.91 Å². The van der Waals surface area contributed by atoms with E-state index < -0.39 is 0 Å². The number of carbonyl (C=O) groups excluding carboxylic acids is 1. The van der Waals surface area contributed by atoms with Gasteiger partial charge in [-0.05, 0) is 40.2 Å². The van der Waals surface area contributed by atoms with Gasteiger partial charge in [-0.3, -0.25) is 9.78 Å². The number of halogens is 1.